The molecule has 1 aliphatic rings. The maximum absolute atomic E-state index is 15.9. The second-order valence-electron chi connectivity index (χ2n) is 8.79. The molecule has 2 heterocycles. The zero-order valence-corrected chi connectivity index (χ0v) is 19.4. The van der Waals surface area contributed by atoms with Crippen LogP contribution in [0.5, 0.6) is 0 Å². The largest absolute Gasteiger partial charge is 0.354 e. The van der Waals surface area contributed by atoms with Crippen LogP contribution in [0.3, 0.4) is 0 Å². The molecule has 1 saturated heterocycles. The average Bonchev–Trinajstić information content (AvgIpc) is 2.78. The van der Waals surface area contributed by atoms with Crippen molar-refractivity contribution in [3.05, 3.63) is 59.2 Å². The highest BCUT2D eigenvalue weighted by Gasteiger charge is 2.45. The van der Waals surface area contributed by atoms with E-state index in [1.54, 1.807) is 50.4 Å². The molecular formula is C24H30FN5O3. The topological polar surface area (TPSA) is 104 Å². The van der Waals surface area contributed by atoms with E-state index in [4.69, 9.17) is 0 Å². The Morgan fingerprint density at radius 2 is 1.79 bits per heavy atom. The Morgan fingerprint density at radius 1 is 1.15 bits per heavy atom. The van der Waals surface area contributed by atoms with Crippen molar-refractivity contribution < 1.29 is 18.8 Å². The van der Waals surface area contributed by atoms with Crippen LogP contribution in [-0.4, -0.2) is 58.5 Å². The maximum Gasteiger partial charge on any atom is 0.281 e. The minimum Gasteiger partial charge on any atom is -0.354 e. The van der Waals surface area contributed by atoms with Crippen molar-refractivity contribution in [1.82, 2.24) is 25.5 Å². The van der Waals surface area contributed by atoms with Gasteiger partial charge in [-0.25, -0.2) is 14.4 Å². The number of piperidine rings is 1. The number of nitrogens with zero attached hydrogens (tertiary/aromatic N) is 3. The highest BCUT2D eigenvalue weighted by atomic mass is 19.1. The summed E-state index contributed by atoms with van der Waals surface area (Å²) in [5, 5.41) is 4.79. The molecule has 1 fully saturated rings. The third-order valence-electron chi connectivity index (χ3n) is 6.01. The van der Waals surface area contributed by atoms with Gasteiger partial charge in [0.05, 0.1) is 0 Å². The minimum absolute atomic E-state index is 0.253. The second-order valence-corrected chi connectivity index (χ2v) is 8.79. The van der Waals surface area contributed by atoms with Gasteiger partial charge in [0.1, 0.15) is 11.5 Å². The van der Waals surface area contributed by atoms with Gasteiger partial charge in [0.2, 0.25) is 5.91 Å². The number of aryl methyl sites for hydroxylation is 1. The summed E-state index contributed by atoms with van der Waals surface area (Å²) in [5.74, 6) is -3.67. The number of alkyl halides is 1. The summed E-state index contributed by atoms with van der Waals surface area (Å²) in [6.07, 6.45) is 0.740. The number of hydrogen-bond acceptors (Lipinski definition) is 5. The van der Waals surface area contributed by atoms with E-state index in [0.29, 0.717) is 29.9 Å². The molecule has 1 aliphatic heterocycles. The highest BCUT2D eigenvalue weighted by Crippen LogP contribution is 2.34. The number of benzene rings is 1. The first-order valence-corrected chi connectivity index (χ1v) is 11.0. The molecule has 2 N–H and O–H groups in total. The van der Waals surface area contributed by atoms with Gasteiger partial charge in [0.25, 0.3) is 17.6 Å². The lowest BCUT2D eigenvalue weighted by Gasteiger charge is -2.41. The van der Waals surface area contributed by atoms with Gasteiger partial charge >= 0.3 is 0 Å². The Balaban J connectivity index is 1.78. The zero-order valence-electron chi connectivity index (χ0n) is 19.4. The molecule has 0 bridgehead atoms. The summed E-state index contributed by atoms with van der Waals surface area (Å²) in [7, 11) is 1.54. The third kappa shape index (κ3) is 5.53. The van der Waals surface area contributed by atoms with Crippen LogP contribution < -0.4 is 10.6 Å². The fraction of sp³-hybridized carbons (Fsp3) is 0.458. The van der Waals surface area contributed by atoms with Crippen LogP contribution in [0.4, 0.5) is 4.39 Å². The normalized spacial score (nSPS) is 17.1. The molecule has 0 aliphatic carbocycles. The molecule has 33 heavy (non-hydrogen) atoms. The van der Waals surface area contributed by atoms with Crippen LogP contribution >= 0.6 is 0 Å². The molecule has 3 amide bonds. The number of rotatable bonds is 6. The molecule has 0 radical (unpaired) electrons. The van der Waals surface area contributed by atoms with Gasteiger partial charge in [-0.1, -0.05) is 37.3 Å². The van der Waals surface area contributed by atoms with E-state index in [1.165, 1.54) is 11.8 Å². The summed E-state index contributed by atoms with van der Waals surface area (Å²) in [5.41, 5.74) is 1.10. The van der Waals surface area contributed by atoms with Crippen LogP contribution in [0.15, 0.2) is 36.4 Å². The third-order valence-corrected chi connectivity index (χ3v) is 6.01. The molecule has 1 aromatic heterocycles. The smallest absolute Gasteiger partial charge is 0.281 e. The number of amides is 3. The Kier molecular flexibility index (Phi) is 7.09. The van der Waals surface area contributed by atoms with Crippen molar-refractivity contribution in [3.8, 4) is 0 Å². The van der Waals surface area contributed by atoms with Crippen LogP contribution in [-0.2, 0) is 21.4 Å². The lowest BCUT2D eigenvalue weighted by atomic mass is 9.79. The summed E-state index contributed by atoms with van der Waals surface area (Å²) < 4.78 is 15.9. The number of likely N-dealkylation sites (tertiary alicyclic amines) is 1. The van der Waals surface area contributed by atoms with E-state index < -0.39 is 23.0 Å². The van der Waals surface area contributed by atoms with E-state index in [9.17, 15) is 14.4 Å². The molecule has 9 heteroatoms. The van der Waals surface area contributed by atoms with Gasteiger partial charge in [0.15, 0.2) is 0 Å². The van der Waals surface area contributed by atoms with Gasteiger partial charge in [0, 0.05) is 44.6 Å². The van der Waals surface area contributed by atoms with Gasteiger partial charge in [-0.2, -0.15) is 0 Å². The Bertz CT molecular complexity index is 1040. The zero-order chi connectivity index (χ0) is 24.2. The van der Waals surface area contributed by atoms with Crippen molar-refractivity contribution in [2.75, 3.05) is 20.1 Å². The highest BCUT2D eigenvalue weighted by molar-refractivity contribution is 5.92. The van der Waals surface area contributed by atoms with E-state index in [0.717, 1.165) is 0 Å². The molecule has 176 valence electrons. The fourth-order valence-corrected chi connectivity index (χ4v) is 4.09. The predicted molar refractivity (Wildman–Crippen MR) is 121 cm³/mol. The van der Waals surface area contributed by atoms with Gasteiger partial charge in [-0.3, -0.25) is 14.4 Å². The molecule has 0 spiro atoms. The number of carbonyl (C=O) groups excluding carboxylic acids is 3. The lowest BCUT2D eigenvalue weighted by Crippen LogP contribution is -2.59. The van der Waals surface area contributed by atoms with Crippen LogP contribution in [0.25, 0.3) is 0 Å². The number of aromatic nitrogens is 2. The minimum atomic E-state index is -2.53. The number of halogens is 1. The first kappa shape index (κ1) is 24.3. The second kappa shape index (κ2) is 9.64. The monoisotopic (exact) mass is 455 g/mol. The van der Waals surface area contributed by atoms with E-state index >= 15 is 4.39 Å². The standard InChI is InChI=1S/C24H30FN5O3/c1-16-14-19(20(32)26-4)28-21(27-16)23(3)10-12-30(13-11-23)22(33)24(25,29-17(2)31)15-18-8-6-5-7-9-18/h5-9,14H,10-13,15H2,1-4H3,(H,26,32)(H,29,31)/t24-/m0/s1. The Morgan fingerprint density at radius 3 is 2.36 bits per heavy atom. The summed E-state index contributed by atoms with van der Waals surface area (Å²) in [6.45, 7) is 5.54. The van der Waals surface area contributed by atoms with Crippen LogP contribution in [0.1, 0.15) is 54.3 Å². The van der Waals surface area contributed by atoms with Gasteiger partial charge in [-0.15, -0.1) is 0 Å². The summed E-state index contributed by atoms with van der Waals surface area (Å²) >= 11 is 0. The lowest BCUT2D eigenvalue weighted by molar-refractivity contribution is -0.151. The molecule has 0 saturated carbocycles. The van der Waals surface area contributed by atoms with E-state index in [1.807, 2.05) is 6.92 Å². The van der Waals surface area contributed by atoms with Crippen LogP contribution in [0.2, 0.25) is 0 Å². The van der Waals surface area contributed by atoms with Gasteiger partial charge in [-0.05, 0) is 31.4 Å². The molecule has 3 rings (SSSR count). The molecule has 8 nitrogen and oxygen atoms in total. The van der Waals surface area contributed by atoms with Crippen molar-refractivity contribution in [2.45, 2.75) is 51.2 Å². The number of nitrogens with one attached hydrogen (secondary N) is 2. The predicted octanol–water partition coefficient (Wildman–Crippen LogP) is 2.07. The maximum atomic E-state index is 15.9. The van der Waals surface area contributed by atoms with Gasteiger partial charge < -0.3 is 15.5 Å². The Hall–Kier alpha value is -3.36. The van der Waals surface area contributed by atoms with Crippen molar-refractivity contribution >= 4 is 17.7 Å². The molecule has 1 atom stereocenters. The molecular weight excluding hydrogens is 425 g/mol. The van der Waals surface area contributed by atoms with Crippen LogP contribution in [0, 0.1) is 6.92 Å². The first-order valence-electron chi connectivity index (χ1n) is 11.0. The molecule has 0 unspecified atom stereocenters. The summed E-state index contributed by atoms with van der Waals surface area (Å²) in [6, 6.07) is 10.4. The van der Waals surface area contributed by atoms with Crippen molar-refractivity contribution in [3.63, 3.8) is 0 Å². The quantitative estimate of drug-likeness (QED) is 0.649. The van der Waals surface area contributed by atoms with Crippen molar-refractivity contribution in [1.29, 1.82) is 0 Å². The molecule has 2 aromatic rings. The number of hydrogen-bond donors (Lipinski definition) is 2. The fourth-order valence-electron chi connectivity index (χ4n) is 4.09. The van der Waals surface area contributed by atoms with Crippen molar-refractivity contribution in [2.24, 2.45) is 0 Å². The molecule has 1 aromatic carbocycles. The first-order chi connectivity index (χ1) is 15.6. The Labute approximate surface area is 193 Å². The number of carbonyl (C=O) groups is 3. The summed E-state index contributed by atoms with van der Waals surface area (Å²) in [4.78, 5) is 47.4. The SMILES string of the molecule is CNC(=O)c1cc(C)nc(C2(C)CCN(C(=O)[C@](F)(Cc3ccccc3)NC(C)=O)CC2)n1. The average molecular weight is 456 g/mol. The van der Waals surface area contributed by atoms with E-state index in [2.05, 4.69) is 20.6 Å². The van der Waals surface area contributed by atoms with E-state index in [-0.39, 0.29) is 31.1 Å².